The van der Waals surface area contributed by atoms with Crippen LogP contribution in [0.1, 0.15) is 7.43 Å². The van der Waals surface area contributed by atoms with Gasteiger partial charge in [-0.2, -0.15) is 0 Å². The molecular formula is C61H51Cl2N2P3S2. The van der Waals surface area contributed by atoms with E-state index in [1.165, 1.54) is 74.2 Å². The third-order valence-corrected chi connectivity index (χ3v) is 20.8. The van der Waals surface area contributed by atoms with Gasteiger partial charge in [0.2, 0.25) is 0 Å². The van der Waals surface area contributed by atoms with Crippen LogP contribution in [-0.4, -0.2) is 0 Å². The highest BCUT2D eigenvalue weighted by atomic mass is 35.7. The maximum atomic E-state index is 6.40. The van der Waals surface area contributed by atoms with E-state index in [-0.39, 0.29) is 7.43 Å². The summed E-state index contributed by atoms with van der Waals surface area (Å²) in [6, 6.07) is 96.9. The molecule has 12 rings (SSSR count). The fourth-order valence-electron chi connectivity index (χ4n) is 7.53. The van der Waals surface area contributed by atoms with Crippen molar-refractivity contribution in [2.24, 2.45) is 0 Å². The van der Waals surface area contributed by atoms with E-state index in [1.807, 2.05) is 96.3 Å². The Balaban J connectivity index is 0.000000132. The van der Waals surface area contributed by atoms with Crippen molar-refractivity contribution in [1.82, 2.24) is 0 Å². The highest BCUT2D eigenvalue weighted by Gasteiger charge is 2.31. The fourth-order valence-corrected chi connectivity index (χ4v) is 15.8. The van der Waals surface area contributed by atoms with Gasteiger partial charge in [-0.05, 0) is 69.7 Å². The second kappa shape index (κ2) is 26.0. The first kappa shape index (κ1) is 50.7. The lowest BCUT2D eigenvalue weighted by Crippen LogP contribution is -2.26. The molecule has 2 aliphatic rings. The van der Waals surface area contributed by atoms with Gasteiger partial charge in [-0.3, -0.25) is 0 Å². The van der Waals surface area contributed by atoms with Gasteiger partial charge >= 0.3 is 0 Å². The summed E-state index contributed by atoms with van der Waals surface area (Å²) in [5, 5.41) is 10.9. The second-order valence-corrected chi connectivity index (χ2v) is 24.9. The third-order valence-electron chi connectivity index (χ3n) is 10.8. The molecule has 10 aromatic carbocycles. The predicted octanol–water partition coefficient (Wildman–Crippen LogP) is 17.4. The van der Waals surface area contributed by atoms with E-state index in [4.69, 9.17) is 22.5 Å². The first-order valence-electron chi connectivity index (χ1n) is 22.4. The summed E-state index contributed by atoms with van der Waals surface area (Å²) in [6.45, 7) is 0. The van der Waals surface area contributed by atoms with Crippen LogP contribution < -0.4 is 41.8 Å². The largest absolute Gasteiger partial charge is 0.354 e. The van der Waals surface area contributed by atoms with Gasteiger partial charge in [0.15, 0.2) is 0 Å². The van der Waals surface area contributed by atoms with Gasteiger partial charge in [0.05, 0.1) is 45.4 Å². The summed E-state index contributed by atoms with van der Waals surface area (Å²) in [7, 11) is -2.12. The van der Waals surface area contributed by atoms with Crippen LogP contribution in [0.25, 0.3) is 0 Å². The molecule has 0 fully saturated rings. The molecule has 10 aromatic rings. The monoisotopic (exact) mass is 1040 g/mol. The molecule has 0 radical (unpaired) electrons. The van der Waals surface area contributed by atoms with Crippen molar-refractivity contribution < 1.29 is 0 Å². The van der Waals surface area contributed by atoms with Gasteiger partial charge < -0.3 is 9.99 Å². The molecule has 0 saturated carbocycles. The Labute approximate surface area is 436 Å². The van der Waals surface area contributed by atoms with Crippen molar-refractivity contribution in [3.63, 3.8) is 0 Å². The van der Waals surface area contributed by atoms with Crippen LogP contribution in [0.4, 0.5) is 22.7 Å². The average molecular weight is 1040 g/mol. The third kappa shape index (κ3) is 13.0. The van der Waals surface area contributed by atoms with Crippen molar-refractivity contribution in [3.05, 3.63) is 279 Å². The van der Waals surface area contributed by atoms with E-state index in [0.717, 1.165) is 0 Å². The van der Waals surface area contributed by atoms with Crippen molar-refractivity contribution in [2.75, 3.05) is 9.99 Å². The van der Waals surface area contributed by atoms with E-state index >= 15 is 0 Å². The molecule has 0 unspecified atom stereocenters. The summed E-state index contributed by atoms with van der Waals surface area (Å²) in [4.78, 5) is 5.23. The number of halogens is 2. The number of para-hydroxylation sites is 4. The Bertz CT molecular complexity index is 2810. The van der Waals surface area contributed by atoms with Gasteiger partial charge in [0.25, 0.3) is 0 Å². The molecule has 0 aromatic heterocycles. The van der Waals surface area contributed by atoms with Crippen LogP contribution in [0, 0.1) is 0 Å². The maximum absolute atomic E-state index is 6.40. The minimum absolute atomic E-state index is 0. The molecule has 346 valence electrons. The second-order valence-electron chi connectivity index (χ2n) is 15.5. The molecule has 0 amide bonds. The normalized spacial score (nSPS) is 11.5. The van der Waals surface area contributed by atoms with Gasteiger partial charge in [-0.1, -0.05) is 284 Å². The van der Waals surface area contributed by atoms with E-state index in [9.17, 15) is 0 Å². The molecule has 2 heterocycles. The molecule has 70 heavy (non-hydrogen) atoms. The predicted molar refractivity (Wildman–Crippen MR) is 315 cm³/mol. The van der Waals surface area contributed by atoms with E-state index < -0.39 is 22.6 Å². The van der Waals surface area contributed by atoms with E-state index in [2.05, 4.69) is 216 Å². The number of fused-ring (bicyclic) bond motifs is 4. The maximum Gasteiger partial charge on any atom is 0.0599 e. The Morgan fingerprint density at radius 2 is 0.529 bits per heavy atom. The highest BCUT2D eigenvalue weighted by Crippen LogP contribution is 2.57. The Hall–Kier alpha value is -5.63. The van der Waals surface area contributed by atoms with Crippen LogP contribution >= 0.6 is 68.6 Å². The van der Waals surface area contributed by atoms with Crippen LogP contribution in [0.3, 0.4) is 0 Å². The molecule has 9 heteroatoms. The summed E-state index contributed by atoms with van der Waals surface area (Å²) < 4.78 is 2.56. The van der Waals surface area contributed by atoms with Crippen molar-refractivity contribution in [2.45, 2.75) is 27.0 Å². The standard InChI is InChI=1S/C24H18NPS.2C12H10ClP.C12H9NS.CH4/c1-3-11-19(12-4-1)26(20-13-5-2-6-14-20)25-21-15-7-9-17-23(21)27-24-18-10-8-16-22(24)25;2*13-14(11-7-3-1-4-8-11)12-9-5-2-6-10-12;1-3-7-11-9(5-1)13-10-6-2-4-8-12(10)14-11;/h1-18H;2*1-10H;1-8,13H;1H4. The minimum atomic E-state index is -0.722. The number of anilines is 4. The van der Waals surface area contributed by atoms with Gasteiger partial charge in [-0.15, -0.1) is 0 Å². The molecule has 0 saturated heterocycles. The molecule has 1 N–H and O–H groups in total. The number of hydrogen-bond acceptors (Lipinski definition) is 4. The Morgan fingerprint density at radius 1 is 0.286 bits per heavy atom. The molecule has 0 aliphatic carbocycles. The summed E-state index contributed by atoms with van der Waals surface area (Å²) in [5.74, 6) is 0. The lowest BCUT2D eigenvalue weighted by atomic mass is 10.2. The number of benzene rings is 10. The summed E-state index contributed by atoms with van der Waals surface area (Å²) >= 11 is 16.5. The number of hydrogen-bond donors (Lipinski definition) is 1. The van der Waals surface area contributed by atoms with Crippen LogP contribution in [0.2, 0.25) is 0 Å². The van der Waals surface area contributed by atoms with Gasteiger partial charge in [0.1, 0.15) is 0 Å². The SMILES string of the molecule is C.ClP(c1ccccc1)c1ccccc1.ClP(c1ccccc1)c1ccccc1.c1ccc(P(c2ccccc2)N2c3ccccc3Sc3ccccc32)cc1.c1ccc2c(c1)Nc1ccccc1S2. The van der Waals surface area contributed by atoms with Gasteiger partial charge in [-0.25, -0.2) is 0 Å². The van der Waals surface area contributed by atoms with Crippen molar-refractivity contribution >= 4 is 123 Å². The van der Waals surface area contributed by atoms with Crippen molar-refractivity contribution in [3.8, 4) is 0 Å². The fraction of sp³-hybridized carbons (Fsp3) is 0.0164. The molecule has 2 aliphatic heterocycles. The first-order valence-corrected chi connectivity index (χ1v) is 29.8. The zero-order valence-corrected chi connectivity index (χ0v) is 43.2. The zero-order chi connectivity index (χ0) is 47.0. The van der Waals surface area contributed by atoms with E-state index in [1.54, 1.807) is 0 Å². The zero-order valence-electron chi connectivity index (χ0n) is 37.4. The molecular weight excluding hydrogens is 989 g/mol. The molecule has 0 spiro atoms. The lowest BCUT2D eigenvalue weighted by Gasteiger charge is -2.39. The van der Waals surface area contributed by atoms with Crippen LogP contribution in [-0.2, 0) is 0 Å². The summed E-state index contributed by atoms with van der Waals surface area (Å²) in [6.07, 6.45) is 0. The number of nitrogens with zero attached hydrogens (tertiary/aromatic N) is 1. The Morgan fingerprint density at radius 3 is 0.857 bits per heavy atom. The Kier molecular flexibility index (Phi) is 18.8. The van der Waals surface area contributed by atoms with E-state index in [0.29, 0.717) is 0 Å². The molecule has 2 nitrogen and oxygen atoms in total. The average Bonchev–Trinajstić information content (AvgIpc) is 3.44. The molecule has 0 bridgehead atoms. The van der Waals surface area contributed by atoms with Crippen molar-refractivity contribution in [1.29, 1.82) is 0 Å². The number of nitrogens with one attached hydrogen (secondary N) is 1. The van der Waals surface area contributed by atoms with Gasteiger partial charge in [0, 0.05) is 30.2 Å². The molecule has 0 atom stereocenters. The minimum Gasteiger partial charge on any atom is -0.354 e. The number of rotatable bonds is 7. The lowest BCUT2D eigenvalue weighted by molar-refractivity contribution is 1.24. The highest BCUT2D eigenvalue weighted by molar-refractivity contribution is 8.00. The van der Waals surface area contributed by atoms with Crippen LogP contribution in [0.15, 0.2) is 299 Å². The topological polar surface area (TPSA) is 15.3 Å². The smallest absolute Gasteiger partial charge is 0.0599 e. The summed E-state index contributed by atoms with van der Waals surface area (Å²) in [5.41, 5.74) is 4.99. The quantitative estimate of drug-likeness (QED) is 0.160. The van der Waals surface area contributed by atoms with Crippen LogP contribution in [0.5, 0.6) is 0 Å². The first-order chi connectivity index (χ1) is 34.1.